The van der Waals surface area contributed by atoms with E-state index in [4.69, 9.17) is 20.3 Å². The number of rotatable bonds is 7. The quantitative estimate of drug-likeness (QED) is 0.691. The molecule has 1 atom stereocenters. The number of benzene rings is 1. The van der Waals surface area contributed by atoms with E-state index in [1.165, 1.54) is 0 Å². The summed E-state index contributed by atoms with van der Waals surface area (Å²) in [6.07, 6.45) is 0.614. The maximum Gasteiger partial charge on any atom is 0.326 e. The summed E-state index contributed by atoms with van der Waals surface area (Å²) in [7, 11) is 0. The van der Waals surface area contributed by atoms with E-state index in [1.54, 1.807) is 19.1 Å². The van der Waals surface area contributed by atoms with Crippen LogP contribution in [0.4, 0.5) is 0 Å². The Morgan fingerprint density at radius 2 is 2.06 bits per heavy atom. The predicted molar refractivity (Wildman–Crippen MR) is 67.3 cm³/mol. The Kier molecular flexibility index (Phi) is 6.18. The molecule has 1 unspecified atom stereocenters. The Bertz CT molecular complexity index is 364. The van der Waals surface area contributed by atoms with Gasteiger partial charge in [-0.2, -0.15) is 0 Å². The second kappa shape index (κ2) is 7.68. The van der Waals surface area contributed by atoms with Crippen LogP contribution in [0, 0.1) is 0 Å². The molecule has 1 aromatic carbocycles. The van der Waals surface area contributed by atoms with Gasteiger partial charge in [-0.15, -0.1) is 0 Å². The van der Waals surface area contributed by atoms with Crippen molar-refractivity contribution in [2.45, 2.75) is 19.4 Å². The van der Waals surface area contributed by atoms with Crippen LogP contribution in [0.1, 0.15) is 12.5 Å². The number of aliphatic hydroxyl groups excluding tert-OH is 1. The Labute approximate surface area is 107 Å². The number of nitrogens with two attached hydrogens (primary N) is 1. The average Bonchev–Trinajstić information content (AvgIpc) is 2.38. The van der Waals surface area contributed by atoms with Gasteiger partial charge < -0.3 is 20.3 Å². The maximum absolute atomic E-state index is 11.2. The van der Waals surface area contributed by atoms with Crippen LogP contribution in [-0.4, -0.2) is 36.9 Å². The van der Waals surface area contributed by atoms with Crippen LogP contribution in [0.15, 0.2) is 24.3 Å². The molecular weight excluding hydrogens is 234 g/mol. The van der Waals surface area contributed by atoms with E-state index in [0.717, 1.165) is 5.56 Å². The van der Waals surface area contributed by atoms with Crippen LogP contribution in [0.25, 0.3) is 0 Å². The summed E-state index contributed by atoms with van der Waals surface area (Å²) >= 11 is 0. The molecule has 0 fully saturated rings. The minimum absolute atomic E-state index is 0.0815. The van der Waals surface area contributed by atoms with Crippen LogP contribution >= 0.6 is 0 Å². The molecule has 1 rings (SSSR count). The van der Waals surface area contributed by atoms with E-state index >= 15 is 0 Å². The van der Waals surface area contributed by atoms with E-state index < -0.39 is 12.0 Å². The number of carbonyl (C=O) groups excluding carboxylic acids is 1. The fraction of sp³-hybridized carbons (Fsp3) is 0.462. The molecule has 100 valence electrons. The third kappa shape index (κ3) is 4.73. The maximum atomic E-state index is 11.2. The third-order valence-corrected chi connectivity index (χ3v) is 2.34. The molecule has 5 nitrogen and oxygen atoms in total. The van der Waals surface area contributed by atoms with E-state index in [1.807, 2.05) is 12.1 Å². The summed E-state index contributed by atoms with van der Waals surface area (Å²) in [5.74, 6) is 0.172. The Balaban J connectivity index is 2.41. The van der Waals surface area contributed by atoms with Gasteiger partial charge in [0.05, 0.1) is 6.61 Å². The second-order valence-electron chi connectivity index (χ2n) is 3.79. The molecule has 0 amide bonds. The summed E-state index contributed by atoms with van der Waals surface area (Å²) in [6, 6.07) is 6.51. The highest BCUT2D eigenvalue weighted by atomic mass is 16.5. The van der Waals surface area contributed by atoms with Crippen molar-refractivity contribution in [3.05, 3.63) is 29.8 Å². The molecule has 5 heteroatoms. The molecule has 0 saturated carbocycles. The molecule has 0 radical (unpaired) electrons. The van der Waals surface area contributed by atoms with Crippen molar-refractivity contribution >= 4 is 5.97 Å². The van der Waals surface area contributed by atoms with E-state index in [9.17, 15) is 4.79 Å². The van der Waals surface area contributed by atoms with Gasteiger partial charge in [0.25, 0.3) is 0 Å². The smallest absolute Gasteiger partial charge is 0.326 e. The van der Waals surface area contributed by atoms with Gasteiger partial charge >= 0.3 is 5.97 Å². The van der Waals surface area contributed by atoms with Crippen LogP contribution in [-0.2, 0) is 16.0 Å². The van der Waals surface area contributed by atoms with Crippen LogP contribution in [0.3, 0.4) is 0 Å². The average molecular weight is 253 g/mol. The van der Waals surface area contributed by atoms with Gasteiger partial charge in [-0.1, -0.05) is 12.1 Å². The highest BCUT2D eigenvalue weighted by molar-refractivity contribution is 5.75. The summed E-state index contributed by atoms with van der Waals surface area (Å²) < 4.78 is 10.2. The van der Waals surface area contributed by atoms with Gasteiger partial charge in [0.2, 0.25) is 0 Å². The fourth-order valence-electron chi connectivity index (χ4n) is 1.38. The minimum atomic E-state index is -0.776. The van der Waals surface area contributed by atoms with E-state index in [0.29, 0.717) is 18.8 Å². The molecule has 0 aliphatic carbocycles. The molecule has 1 aromatic rings. The zero-order valence-corrected chi connectivity index (χ0v) is 10.5. The van der Waals surface area contributed by atoms with E-state index in [2.05, 4.69) is 0 Å². The number of carbonyl (C=O) groups is 1. The van der Waals surface area contributed by atoms with Gasteiger partial charge in [-0.3, -0.25) is 4.79 Å². The number of esters is 1. The van der Waals surface area contributed by atoms with Gasteiger partial charge in [-0.25, -0.2) is 0 Å². The standard InChI is InChI=1S/C13H19NO4/c1-2-17-13(16)12(14)9-18-11-5-3-10(4-6-11)7-8-15/h3-6,12,15H,2,7-9,14H2,1H3. The molecule has 0 spiro atoms. The second-order valence-corrected chi connectivity index (χ2v) is 3.79. The molecule has 0 aliphatic rings. The lowest BCUT2D eigenvalue weighted by molar-refractivity contribution is -0.145. The lowest BCUT2D eigenvalue weighted by Gasteiger charge is -2.12. The molecule has 0 saturated heterocycles. The van der Waals surface area contributed by atoms with Crippen molar-refractivity contribution in [3.63, 3.8) is 0 Å². The monoisotopic (exact) mass is 253 g/mol. The Morgan fingerprint density at radius 1 is 1.39 bits per heavy atom. The molecular formula is C13H19NO4. The van der Waals surface area contributed by atoms with Crippen LogP contribution in [0.2, 0.25) is 0 Å². The first-order valence-electron chi connectivity index (χ1n) is 5.92. The minimum Gasteiger partial charge on any atom is -0.491 e. The zero-order chi connectivity index (χ0) is 13.4. The van der Waals surface area contributed by atoms with Gasteiger partial charge in [0.1, 0.15) is 18.4 Å². The van der Waals surface area contributed by atoms with Gasteiger partial charge in [0, 0.05) is 6.61 Å². The summed E-state index contributed by atoms with van der Waals surface area (Å²) in [5.41, 5.74) is 6.62. The molecule has 18 heavy (non-hydrogen) atoms. The Hall–Kier alpha value is -1.59. The zero-order valence-electron chi connectivity index (χ0n) is 10.5. The molecule has 0 aromatic heterocycles. The normalized spacial score (nSPS) is 11.9. The Morgan fingerprint density at radius 3 is 2.61 bits per heavy atom. The highest BCUT2D eigenvalue weighted by Gasteiger charge is 2.14. The van der Waals surface area contributed by atoms with Crippen molar-refractivity contribution in [3.8, 4) is 5.75 Å². The highest BCUT2D eigenvalue weighted by Crippen LogP contribution is 2.12. The SMILES string of the molecule is CCOC(=O)C(N)COc1ccc(CCO)cc1. The lowest BCUT2D eigenvalue weighted by Crippen LogP contribution is -2.37. The molecule has 3 N–H and O–H groups in total. The predicted octanol–water partition coefficient (Wildman–Crippen LogP) is 0.491. The number of aliphatic hydroxyl groups is 1. The van der Waals surface area contributed by atoms with Gasteiger partial charge in [-0.05, 0) is 31.0 Å². The van der Waals surface area contributed by atoms with Crippen molar-refractivity contribution in [1.82, 2.24) is 0 Å². The summed E-state index contributed by atoms with van der Waals surface area (Å²) in [6.45, 7) is 2.24. The fourth-order valence-corrected chi connectivity index (χ4v) is 1.38. The van der Waals surface area contributed by atoms with Crippen molar-refractivity contribution < 1.29 is 19.4 Å². The largest absolute Gasteiger partial charge is 0.491 e. The molecule has 0 bridgehead atoms. The first kappa shape index (κ1) is 14.5. The molecule has 0 aliphatic heterocycles. The first-order chi connectivity index (χ1) is 8.67. The van der Waals surface area contributed by atoms with E-state index in [-0.39, 0.29) is 13.2 Å². The van der Waals surface area contributed by atoms with Gasteiger partial charge in [0.15, 0.2) is 0 Å². The summed E-state index contributed by atoms with van der Waals surface area (Å²) in [5, 5.41) is 8.78. The number of hydrogen-bond acceptors (Lipinski definition) is 5. The summed E-state index contributed by atoms with van der Waals surface area (Å²) in [4.78, 5) is 11.2. The third-order valence-electron chi connectivity index (χ3n) is 2.34. The number of hydrogen-bond donors (Lipinski definition) is 2. The molecule has 0 heterocycles. The van der Waals surface area contributed by atoms with Crippen LogP contribution < -0.4 is 10.5 Å². The lowest BCUT2D eigenvalue weighted by atomic mass is 10.1. The van der Waals surface area contributed by atoms with Crippen molar-refractivity contribution in [2.24, 2.45) is 5.73 Å². The number of ether oxygens (including phenoxy) is 2. The topological polar surface area (TPSA) is 81.8 Å². The van der Waals surface area contributed by atoms with Crippen molar-refractivity contribution in [2.75, 3.05) is 19.8 Å². The van der Waals surface area contributed by atoms with Crippen molar-refractivity contribution in [1.29, 1.82) is 0 Å². The first-order valence-corrected chi connectivity index (χ1v) is 5.92. The van der Waals surface area contributed by atoms with Crippen LogP contribution in [0.5, 0.6) is 5.75 Å².